The second kappa shape index (κ2) is 6.81. The lowest BCUT2D eigenvalue weighted by atomic mass is 10.3. The zero-order chi connectivity index (χ0) is 18.1. The van der Waals surface area contributed by atoms with Crippen molar-refractivity contribution < 1.29 is 0 Å². The zero-order valence-electron chi connectivity index (χ0n) is 14.5. The van der Waals surface area contributed by atoms with Gasteiger partial charge in [0.25, 0.3) is 0 Å². The van der Waals surface area contributed by atoms with Crippen LogP contribution in [-0.2, 0) is 6.42 Å². The first-order valence-corrected chi connectivity index (χ1v) is 9.74. The van der Waals surface area contributed by atoms with Crippen molar-refractivity contribution in [2.24, 2.45) is 0 Å². The molecule has 0 saturated heterocycles. The molecule has 0 radical (unpaired) electrons. The van der Waals surface area contributed by atoms with E-state index < -0.39 is 0 Å². The van der Waals surface area contributed by atoms with Crippen molar-refractivity contribution in [2.45, 2.75) is 12.8 Å². The molecular weight excluding hydrogens is 358 g/mol. The van der Waals surface area contributed by atoms with Crippen molar-refractivity contribution in [3.8, 4) is 11.4 Å². The number of nitrogens with zero attached hydrogens (tertiary/aromatic N) is 5. The van der Waals surface area contributed by atoms with E-state index in [1.54, 1.807) is 15.9 Å². The highest BCUT2D eigenvalue weighted by Gasteiger charge is 2.10. The smallest absolute Gasteiger partial charge is 0.186 e. The SMILES string of the molecule is c1ccc2[nH]c(CCCNc3ccc4nnc(-c5ccsc5)n4n3)nc2c1. The topological polar surface area (TPSA) is 83.8 Å². The maximum absolute atomic E-state index is 4.63. The number of para-hydroxylation sites is 2. The Morgan fingerprint density at radius 1 is 1.07 bits per heavy atom. The summed E-state index contributed by atoms with van der Waals surface area (Å²) in [6, 6.07) is 14.0. The van der Waals surface area contributed by atoms with Gasteiger partial charge in [-0.05, 0) is 42.1 Å². The van der Waals surface area contributed by atoms with E-state index in [4.69, 9.17) is 0 Å². The molecule has 5 rings (SSSR count). The van der Waals surface area contributed by atoms with E-state index in [2.05, 4.69) is 30.6 Å². The van der Waals surface area contributed by atoms with Gasteiger partial charge in [0.2, 0.25) is 0 Å². The summed E-state index contributed by atoms with van der Waals surface area (Å²) < 4.78 is 1.78. The molecule has 1 aromatic carbocycles. The van der Waals surface area contributed by atoms with Crippen molar-refractivity contribution in [2.75, 3.05) is 11.9 Å². The third kappa shape index (κ3) is 3.15. The van der Waals surface area contributed by atoms with E-state index in [-0.39, 0.29) is 0 Å². The number of aromatic amines is 1. The van der Waals surface area contributed by atoms with E-state index in [1.165, 1.54) is 0 Å². The van der Waals surface area contributed by atoms with Gasteiger partial charge in [0, 0.05) is 23.9 Å². The number of benzene rings is 1. The summed E-state index contributed by atoms with van der Waals surface area (Å²) in [7, 11) is 0. The van der Waals surface area contributed by atoms with Gasteiger partial charge in [-0.1, -0.05) is 12.1 Å². The minimum Gasteiger partial charge on any atom is -0.369 e. The number of hydrogen-bond acceptors (Lipinski definition) is 6. The zero-order valence-corrected chi connectivity index (χ0v) is 15.3. The molecule has 0 bridgehead atoms. The largest absolute Gasteiger partial charge is 0.369 e. The Morgan fingerprint density at radius 3 is 2.93 bits per heavy atom. The molecular formula is C19H17N7S. The predicted molar refractivity (Wildman–Crippen MR) is 107 cm³/mol. The summed E-state index contributed by atoms with van der Waals surface area (Å²) in [5, 5.41) is 20.5. The molecule has 2 N–H and O–H groups in total. The standard InChI is InChI=1S/C19H17N7S/c1-2-5-15-14(4-1)21-17(22-15)6-3-10-20-16-7-8-18-23-24-19(26(18)25-16)13-9-11-27-12-13/h1-2,4-5,7-9,11-12H,3,6,10H2,(H,20,25)(H,21,22). The molecule has 8 heteroatoms. The predicted octanol–water partition coefficient (Wildman–Crippen LogP) is 3.77. The van der Waals surface area contributed by atoms with Crippen molar-refractivity contribution in [1.82, 2.24) is 29.8 Å². The lowest BCUT2D eigenvalue weighted by Gasteiger charge is -2.05. The molecule has 0 fully saturated rings. The van der Waals surface area contributed by atoms with Crippen LogP contribution in [-0.4, -0.2) is 36.3 Å². The minimum absolute atomic E-state index is 0.740. The van der Waals surface area contributed by atoms with Crippen molar-refractivity contribution >= 4 is 33.8 Å². The van der Waals surface area contributed by atoms with Crippen LogP contribution in [0.15, 0.2) is 53.2 Å². The fraction of sp³-hybridized carbons (Fsp3) is 0.158. The Labute approximate surface area is 159 Å². The summed E-state index contributed by atoms with van der Waals surface area (Å²) in [6.07, 6.45) is 1.84. The normalized spacial score (nSPS) is 11.4. The van der Waals surface area contributed by atoms with E-state index in [9.17, 15) is 0 Å². The van der Waals surface area contributed by atoms with Crippen molar-refractivity contribution in [3.05, 3.63) is 59.0 Å². The molecule has 0 aliphatic heterocycles. The molecule has 0 amide bonds. The average Bonchev–Trinajstić information content (AvgIpc) is 3.43. The average molecular weight is 375 g/mol. The van der Waals surface area contributed by atoms with Crippen LogP contribution >= 0.6 is 11.3 Å². The van der Waals surface area contributed by atoms with Gasteiger partial charge >= 0.3 is 0 Å². The van der Waals surface area contributed by atoms with Crippen LogP contribution in [0.1, 0.15) is 12.2 Å². The molecule has 0 aliphatic rings. The third-order valence-corrected chi connectivity index (χ3v) is 5.06. The van der Waals surface area contributed by atoms with Crippen LogP contribution in [0.5, 0.6) is 0 Å². The number of imidazole rings is 1. The number of aryl methyl sites for hydroxylation is 1. The van der Waals surface area contributed by atoms with E-state index in [1.807, 2.05) is 53.2 Å². The van der Waals surface area contributed by atoms with Crippen molar-refractivity contribution in [1.29, 1.82) is 0 Å². The van der Waals surface area contributed by atoms with Crippen LogP contribution in [0.4, 0.5) is 5.82 Å². The highest BCUT2D eigenvalue weighted by atomic mass is 32.1. The first-order valence-electron chi connectivity index (χ1n) is 8.79. The Bertz CT molecular complexity index is 1160. The van der Waals surface area contributed by atoms with E-state index in [0.29, 0.717) is 0 Å². The minimum atomic E-state index is 0.740. The molecule has 27 heavy (non-hydrogen) atoms. The highest BCUT2D eigenvalue weighted by molar-refractivity contribution is 7.08. The molecule has 0 spiro atoms. The Morgan fingerprint density at radius 2 is 2.04 bits per heavy atom. The molecule has 5 aromatic rings. The maximum Gasteiger partial charge on any atom is 0.186 e. The molecule has 7 nitrogen and oxygen atoms in total. The van der Waals surface area contributed by atoms with Gasteiger partial charge in [-0.25, -0.2) is 4.98 Å². The van der Waals surface area contributed by atoms with Gasteiger partial charge in [-0.3, -0.25) is 0 Å². The highest BCUT2D eigenvalue weighted by Crippen LogP contribution is 2.21. The first-order chi connectivity index (χ1) is 13.4. The van der Waals surface area contributed by atoms with Crippen LogP contribution in [0.2, 0.25) is 0 Å². The number of anilines is 1. The van der Waals surface area contributed by atoms with Gasteiger partial charge in [0.1, 0.15) is 11.6 Å². The second-order valence-electron chi connectivity index (χ2n) is 6.26. The Kier molecular flexibility index (Phi) is 4.02. The molecule has 134 valence electrons. The number of nitrogens with one attached hydrogen (secondary N) is 2. The molecule has 0 unspecified atom stereocenters. The fourth-order valence-electron chi connectivity index (χ4n) is 3.05. The molecule has 0 saturated carbocycles. The van der Waals surface area contributed by atoms with Gasteiger partial charge in [-0.2, -0.15) is 15.9 Å². The van der Waals surface area contributed by atoms with E-state index in [0.717, 1.165) is 59.1 Å². The number of thiophene rings is 1. The monoisotopic (exact) mass is 375 g/mol. The van der Waals surface area contributed by atoms with Crippen LogP contribution in [0.3, 0.4) is 0 Å². The van der Waals surface area contributed by atoms with Gasteiger partial charge in [0.05, 0.1) is 11.0 Å². The molecule has 0 aliphatic carbocycles. The molecule has 4 heterocycles. The van der Waals surface area contributed by atoms with Gasteiger partial charge in [0.15, 0.2) is 11.5 Å². The van der Waals surface area contributed by atoms with Gasteiger partial charge in [-0.15, -0.1) is 15.3 Å². The number of fused-ring (bicyclic) bond motifs is 2. The van der Waals surface area contributed by atoms with Crippen molar-refractivity contribution in [3.63, 3.8) is 0 Å². The maximum atomic E-state index is 4.63. The molecule has 4 aromatic heterocycles. The second-order valence-corrected chi connectivity index (χ2v) is 7.04. The Balaban J connectivity index is 1.25. The summed E-state index contributed by atoms with van der Waals surface area (Å²) in [4.78, 5) is 7.98. The summed E-state index contributed by atoms with van der Waals surface area (Å²) in [6.45, 7) is 0.811. The summed E-state index contributed by atoms with van der Waals surface area (Å²) in [5.41, 5.74) is 3.87. The number of hydrogen-bond donors (Lipinski definition) is 2. The third-order valence-electron chi connectivity index (χ3n) is 4.38. The summed E-state index contributed by atoms with van der Waals surface area (Å²) >= 11 is 1.63. The van der Waals surface area contributed by atoms with E-state index >= 15 is 0 Å². The van der Waals surface area contributed by atoms with Crippen LogP contribution in [0, 0.1) is 0 Å². The molecule has 0 atom stereocenters. The lowest BCUT2D eigenvalue weighted by Crippen LogP contribution is -2.07. The first kappa shape index (κ1) is 16.0. The number of H-pyrrole nitrogens is 1. The fourth-order valence-corrected chi connectivity index (χ4v) is 3.69. The van der Waals surface area contributed by atoms with Crippen LogP contribution < -0.4 is 5.32 Å². The number of aromatic nitrogens is 6. The number of rotatable bonds is 6. The van der Waals surface area contributed by atoms with Gasteiger partial charge < -0.3 is 10.3 Å². The lowest BCUT2D eigenvalue weighted by molar-refractivity contribution is 0.811. The Hall–Kier alpha value is -3.26. The quantitative estimate of drug-likeness (QED) is 0.441. The van der Waals surface area contributed by atoms with Crippen LogP contribution in [0.25, 0.3) is 28.1 Å². The summed E-state index contributed by atoms with van der Waals surface area (Å²) in [5.74, 6) is 2.58.